The van der Waals surface area contributed by atoms with Gasteiger partial charge < -0.3 is 4.74 Å². The third kappa shape index (κ3) is 2.15. The molecule has 1 atom stereocenters. The van der Waals surface area contributed by atoms with E-state index in [0.717, 1.165) is 11.3 Å². The summed E-state index contributed by atoms with van der Waals surface area (Å²) in [4.78, 5) is 1.00. The predicted octanol–water partition coefficient (Wildman–Crippen LogP) is 1.81. The molecule has 1 saturated heterocycles. The van der Waals surface area contributed by atoms with Gasteiger partial charge in [0.1, 0.15) is 10.4 Å². The first kappa shape index (κ1) is 12.0. The van der Waals surface area contributed by atoms with Crippen molar-refractivity contribution in [1.29, 1.82) is 0 Å². The van der Waals surface area contributed by atoms with Crippen molar-refractivity contribution in [3.05, 3.63) is 17.0 Å². The Labute approximate surface area is 99.9 Å². The number of hydrogen-bond acceptors (Lipinski definition) is 4. The fourth-order valence-electron chi connectivity index (χ4n) is 1.72. The van der Waals surface area contributed by atoms with Crippen LogP contribution in [0.2, 0.25) is 0 Å². The number of nitrogens with zero attached hydrogens (tertiary/aromatic N) is 1. The summed E-state index contributed by atoms with van der Waals surface area (Å²) in [5.41, 5.74) is 0. The van der Waals surface area contributed by atoms with Crippen LogP contribution in [-0.2, 0) is 14.8 Å². The van der Waals surface area contributed by atoms with Crippen molar-refractivity contribution in [2.45, 2.75) is 30.7 Å². The Bertz CT molecular complexity index is 466. The van der Waals surface area contributed by atoms with Crippen LogP contribution in [0.25, 0.3) is 0 Å². The molecule has 1 aliphatic rings. The Morgan fingerprint density at radius 1 is 1.50 bits per heavy atom. The Hall–Kier alpha value is -0.430. The molecule has 1 fully saturated rings. The topological polar surface area (TPSA) is 46.6 Å². The van der Waals surface area contributed by atoms with Crippen LogP contribution >= 0.6 is 11.3 Å². The molecule has 0 radical (unpaired) electrons. The predicted molar refractivity (Wildman–Crippen MR) is 63.0 cm³/mol. The van der Waals surface area contributed by atoms with Gasteiger partial charge in [-0.05, 0) is 32.4 Å². The van der Waals surface area contributed by atoms with Crippen molar-refractivity contribution >= 4 is 21.4 Å². The van der Waals surface area contributed by atoms with Crippen LogP contribution in [0, 0.1) is 6.92 Å². The minimum absolute atomic E-state index is 0.360. The molecule has 0 aromatic carbocycles. The number of aryl methyl sites for hydroxylation is 1. The van der Waals surface area contributed by atoms with Crippen LogP contribution in [0.1, 0.15) is 18.2 Å². The lowest BCUT2D eigenvalue weighted by atomic mass is 10.4. The summed E-state index contributed by atoms with van der Waals surface area (Å²) in [6.45, 7) is 4.86. The molecule has 1 aromatic heterocycles. The molecule has 90 valence electrons. The first-order valence-electron chi connectivity index (χ1n) is 5.22. The van der Waals surface area contributed by atoms with Crippen molar-refractivity contribution < 1.29 is 13.2 Å². The normalized spacial score (nSPS) is 23.5. The largest absolute Gasteiger partial charge is 0.362 e. The maximum absolute atomic E-state index is 12.3. The summed E-state index contributed by atoms with van der Waals surface area (Å²) < 4.78 is 31.7. The van der Waals surface area contributed by atoms with Gasteiger partial charge in [0.15, 0.2) is 0 Å². The van der Waals surface area contributed by atoms with E-state index in [-0.39, 0.29) is 6.23 Å². The van der Waals surface area contributed by atoms with Crippen LogP contribution in [0.3, 0.4) is 0 Å². The van der Waals surface area contributed by atoms with Gasteiger partial charge in [-0.2, -0.15) is 4.31 Å². The van der Waals surface area contributed by atoms with Gasteiger partial charge in [-0.3, -0.25) is 0 Å². The molecule has 0 spiro atoms. The molecule has 6 heteroatoms. The molecule has 2 heterocycles. The molecule has 0 amide bonds. The third-order valence-electron chi connectivity index (χ3n) is 2.57. The number of sulfonamides is 1. The van der Waals surface area contributed by atoms with Crippen LogP contribution in [0.15, 0.2) is 16.3 Å². The van der Waals surface area contributed by atoms with Crippen LogP contribution in [-0.4, -0.2) is 32.1 Å². The quantitative estimate of drug-likeness (QED) is 0.815. The first-order valence-corrected chi connectivity index (χ1v) is 7.47. The molecule has 16 heavy (non-hydrogen) atoms. The summed E-state index contributed by atoms with van der Waals surface area (Å²) in [5, 5.41) is 0. The molecule has 0 bridgehead atoms. The standard InChI is InChI=1S/C10H15NO3S2/c1-8-4-5-10(15-8)16(12,13)11-6-3-7-14-9(11)2/h4-5,9H,3,6-7H2,1-2H3. The fraction of sp³-hybridized carbons (Fsp3) is 0.600. The average molecular weight is 261 g/mol. The van der Waals surface area contributed by atoms with Gasteiger partial charge in [0.25, 0.3) is 10.0 Å². The minimum atomic E-state index is -3.36. The molecule has 2 rings (SSSR count). The van der Waals surface area contributed by atoms with Crippen molar-refractivity contribution in [3.8, 4) is 0 Å². The van der Waals surface area contributed by atoms with Crippen molar-refractivity contribution in [3.63, 3.8) is 0 Å². The van der Waals surface area contributed by atoms with Crippen molar-refractivity contribution in [2.24, 2.45) is 0 Å². The Morgan fingerprint density at radius 2 is 2.25 bits per heavy atom. The number of hydrogen-bond donors (Lipinski definition) is 0. The van der Waals surface area contributed by atoms with Gasteiger partial charge in [0.05, 0.1) is 0 Å². The van der Waals surface area contributed by atoms with E-state index in [1.807, 2.05) is 13.0 Å². The Balaban J connectivity index is 2.31. The highest BCUT2D eigenvalue weighted by atomic mass is 32.2. The second-order valence-corrected chi connectivity index (χ2v) is 7.21. The van der Waals surface area contributed by atoms with E-state index < -0.39 is 10.0 Å². The van der Waals surface area contributed by atoms with E-state index in [9.17, 15) is 8.42 Å². The van der Waals surface area contributed by atoms with Crippen LogP contribution < -0.4 is 0 Å². The van der Waals surface area contributed by atoms with Crippen molar-refractivity contribution in [2.75, 3.05) is 13.2 Å². The van der Waals surface area contributed by atoms with Gasteiger partial charge in [0.2, 0.25) is 0 Å². The minimum Gasteiger partial charge on any atom is -0.362 e. The zero-order chi connectivity index (χ0) is 11.8. The molecule has 4 nitrogen and oxygen atoms in total. The van der Waals surface area contributed by atoms with E-state index in [1.54, 1.807) is 13.0 Å². The lowest BCUT2D eigenvalue weighted by Gasteiger charge is -2.31. The highest BCUT2D eigenvalue weighted by molar-refractivity contribution is 7.91. The van der Waals surface area contributed by atoms with Gasteiger partial charge in [0, 0.05) is 18.0 Å². The molecule has 0 saturated carbocycles. The number of rotatable bonds is 2. The zero-order valence-electron chi connectivity index (χ0n) is 9.34. The van der Waals surface area contributed by atoms with E-state index >= 15 is 0 Å². The first-order chi connectivity index (χ1) is 7.51. The Kier molecular flexibility index (Phi) is 3.34. The van der Waals surface area contributed by atoms with E-state index in [0.29, 0.717) is 17.4 Å². The molecular formula is C10H15NO3S2. The van der Waals surface area contributed by atoms with Gasteiger partial charge in [-0.15, -0.1) is 11.3 Å². The second-order valence-electron chi connectivity index (χ2n) is 3.80. The lowest BCUT2D eigenvalue weighted by molar-refractivity contribution is -0.0409. The molecule has 0 N–H and O–H groups in total. The number of thiophene rings is 1. The summed E-state index contributed by atoms with van der Waals surface area (Å²) in [6, 6.07) is 3.49. The molecule has 1 unspecified atom stereocenters. The van der Waals surface area contributed by atoms with Gasteiger partial charge in [-0.25, -0.2) is 8.42 Å². The monoisotopic (exact) mass is 261 g/mol. The SMILES string of the molecule is Cc1ccc(S(=O)(=O)N2CCCOC2C)s1. The van der Waals surface area contributed by atoms with E-state index in [1.165, 1.54) is 15.6 Å². The van der Waals surface area contributed by atoms with Gasteiger partial charge >= 0.3 is 0 Å². The second kappa shape index (κ2) is 4.44. The van der Waals surface area contributed by atoms with Crippen molar-refractivity contribution in [1.82, 2.24) is 4.31 Å². The molecule has 1 aromatic rings. The summed E-state index contributed by atoms with van der Waals surface area (Å²) in [7, 11) is -3.36. The van der Waals surface area contributed by atoms with E-state index in [2.05, 4.69) is 0 Å². The maximum Gasteiger partial charge on any atom is 0.254 e. The average Bonchev–Trinajstić information content (AvgIpc) is 2.66. The summed E-state index contributed by atoms with van der Waals surface area (Å²) in [6.07, 6.45) is 0.398. The maximum atomic E-state index is 12.3. The van der Waals surface area contributed by atoms with Crippen LogP contribution in [0.5, 0.6) is 0 Å². The highest BCUT2D eigenvalue weighted by Gasteiger charge is 2.32. The molecule has 0 aliphatic carbocycles. The molecular weight excluding hydrogens is 246 g/mol. The van der Waals surface area contributed by atoms with E-state index in [4.69, 9.17) is 4.74 Å². The Morgan fingerprint density at radius 3 is 2.81 bits per heavy atom. The number of ether oxygens (including phenoxy) is 1. The summed E-state index contributed by atoms with van der Waals surface area (Å²) in [5.74, 6) is 0. The fourth-order valence-corrected chi connectivity index (χ4v) is 4.71. The zero-order valence-corrected chi connectivity index (χ0v) is 11.0. The summed E-state index contributed by atoms with van der Waals surface area (Å²) >= 11 is 1.31. The highest BCUT2D eigenvalue weighted by Crippen LogP contribution is 2.27. The third-order valence-corrected chi connectivity index (χ3v) is 5.98. The molecule has 1 aliphatic heterocycles. The van der Waals surface area contributed by atoms with Gasteiger partial charge in [-0.1, -0.05) is 0 Å². The van der Waals surface area contributed by atoms with Crippen LogP contribution in [0.4, 0.5) is 0 Å². The lowest BCUT2D eigenvalue weighted by Crippen LogP contribution is -2.44. The smallest absolute Gasteiger partial charge is 0.254 e.